The molecule has 0 radical (unpaired) electrons. The van der Waals surface area contributed by atoms with Crippen LogP contribution in [0.25, 0.3) is 0 Å². The molecule has 0 saturated carbocycles. The molecule has 2 aliphatic rings. The van der Waals surface area contributed by atoms with Crippen molar-refractivity contribution in [3.05, 3.63) is 48.0 Å². The second-order valence-corrected chi connectivity index (χ2v) is 3.32. The van der Waals surface area contributed by atoms with Gasteiger partial charge in [0.15, 0.2) is 11.6 Å². The van der Waals surface area contributed by atoms with E-state index in [9.17, 15) is 9.59 Å². The molecule has 0 aromatic carbocycles. The zero-order chi connectivity index (χ0) is 10.7. The molecule has 0 saturated heterocycles. The molecule has 76 valence electrons. The second kappa shape index (κ2) is 4.09. The minimum Gasteiger partial charge on any atom is -0.458 e. The number of carbonyl (C=O) groups is 2. The van der Waals surface area contributed by atoms with Crippen LogP contribution in [0.3, 0.4) is 0 Å². The van der Waals surface area contributed by atoms with Crippen molar-refractivity contribution in [1.29, 1.82) is 0 Å². The smallest absolute Gasteiger partial charge is 0.159 e. The third-order valence-corrected chi connectivity index (χ3v) is 2.11. The highest BCUT2D eigenvalue weighted by atomic mass is 16.5. The summed E-state index contributed by atoms with van der Waals surface area (Å²) >= 11 is 0. The lowest BCUT2D eigenvalue weighted by atomic mass is 10.1. The normalized spacial score (nSPS) is 20.0. The van der Waals surface area contributed by atoms with Crippen LogP contribution >= 0.6 is 0 Å². The highest BCUT2D eigenvalue weighted by molar-refractivity contribution is 5.93. The van der Waals surface area contributed by atoms with E-state index in [4.69, 9.17) is 4.74 Å². The summed E-state index contributed by atoms with van der Waals surface area (Å²) in [6.07, 6.45) is 10.5. The molecule has 3 heteroatoms. The highest BCUT2D eigenvalue weighted by Gasteiger charge is 2.08. The summed E-state index contributed by atoms with van der Waals surface area (Å²) in [7, 11) is 0. The summed E-state index contributed by atoms with van der Waals surface area (Å²) in [5, 5.41) is 0. The van der Waals surface area contributed by atoms with Crippen molar-refractivity contribution in [3.8, 4) is 0 Å². The Kier molecular flexibility index (Phi) is 2.63. The summed E-state index contributed by atoms with van der Waals surface area (Å²) in [5.74, 6) is 1.45. The van der Waals surface area contributed by atoms with Gasteiger partial charge >= 0.3 is 0 Å². The van der Waals surface area contributed by atoms with E-state index in [0.717, 1.165) is 0 Å². The fraction of sp³-hybridized carbons (Fsp3) is 0.167. The van der Waals surface area contributed by atoms with Crippen molar-refractivity contribution in [2.75, 3.05) is 0 Å². The maximum absolute atomic E-state index is 10.9. The largest absolute Gasteiger partial charge is 0.458 e. The molecular weight excluding hydrogens is 192 g/mol. The molecule has 0 heterocycles. The van der Waals surface area contributed by atoms with Gasteiger partial charge in [0.1, 0.15) is 11.5 Å². The summed E-state index contributed by atoms with van der Waals surface area (Å²) in [6.45, 7) is 0. The van der Waals surface area contributed by atoms with Crippen LogP contribution in [0.4, 0.5) is 0 Å². The molecular formula is C12H10O3. The molecule has 2 rings (SSSR count). The molecule has 0 fully saturated rings. The molecule has 0 N–H and O–H groups in total. The van der Waals surface area contributed by atoms with Gasteiger partial charge in [-0.15, -0.1) is 0 Å². The van der Waals surface area contributed by atoms with Gasteiger partial charge in [-0.1, -0.05) is 0 Å². The van der Waals surface area contributed by atoms with Crippen molar-refractivity contribution in [2.45, 2.75) is 12.8 Å². The number of ketones is 2. The first-order chi connectivity index (χ1) is 7.24. The van der Waals surface area contributed by atoms with Gasteiger partial charge in [-0.2, -0.15) is 0 Å². The number of hydrogen-bond donors (Lipinski definition) is 0. The lowest BCUT2D eigenvalue weighted by Crippen LogP contribution is -2.02. The quantitative estimate of drug-likeness (QED) is 0.686. The van der Waals surface area contributed by atoms with E-state index in [1.807, 2.05) is 0 Å². The zero-order valence-electron chi connectivity index (χ0n) is 8.10. The molecule has 0 amide bonds. The number of ether oxygens (including phenoxy) is 1. The Bertz CT molecular complexity index is 382. The van der Waals surface area contributed by atoms with Crippen molar-refractivity contribution < 1.29 is 14.3 Å². The Morgan fingerprint density at radius 1 is 0.800 bits per heavy atom. The van der Waals surface area contributed by atoms with Crippen molar-refractivity contribution in [2.24, 2.45) is 0 Å². The van der Waals surface area contributed by atoms with Gasteiger partial charge < -0.3 is 4.74 Å². The van der Waals surface area contributed by atoms with Crippen molar-refractivity contribution in [1.82, 2.24) is 0 Å². The molecule has 0 atom stereocenters. The van der Waals surface area contributed by atoms with Crippen LogP contribution in [0.2, 0.25) is 0 Å². The lowest BCUT2D eigenvalue weighted by Gasteiger charge is -2.11. The molecule has 0 spiro atoms. The zero-order valence-corrected chi connectivity index (χ0v) is 8.10. The Hall–Kier alpha value is -1.90. The topological polar surface area (TPSA) is 43.4 Å². The monoisotopic (exact) mass is 202 g/mol. The van der Waals surface area contributed by atoms with E-state index in [0.29, 0.717) is 24.4 Å². The lowest BCUT2D eigenvalue weighted by molar-refractivity contribution is -0.114. The van der Waals surface area contributed by atoms with Crippen molar-refractivity contribution >= 4 is 11.6 Å². The van der Waals surface area contributed by atoms with Gasteiger partial charge in [-0.3, -0.25) is 9.59 Å². The summed E-state index contributed by atoms with van der Waals surface area (Å²) in [5.41, 5.74) is 0. The van der Waals surface area contributed by atoms with Crippen LogP contribution in [0.15, 0.2) is 48.0 Å². The Balaban J connectivity index is 1.99. The minimum atomic E-state index is 0.0747. The molecule has 0 aliphatic heterocycles. The predicted molar refractivity (Wildman–Crippen MR) is 54.8 cm³/mol. The molecule has 0 unspecified atom stereocenters. The van der Waals surface area contributed by atoms with Gasteiger partial charge in [0, 0.05) is 12.8 Å². The van der Waals surface area contributed by atoms with Crippen LogP contribution in [0.1, 0.15) is 12.8 Å². The predicted octanol–water partition coefficient (Wildman–Crippen LogP) is 1.83. The van der Waals surface area contributed by atoms with Crippen LogP contribution in [-0.4, -0.2) is 11.6 Å². The van der Waals surface area contributed by atoms with Gasteiger partial charge in [0.25, 0.3) is 0 Å². The van der Waals surface area contributed by atoms with Gasteiger partial charge in [-0.25, -0.2) is 0 Å². The van der Waals surface area contributed by atoms with Crippen LogP contribution in [0.5, 0.6) is 0 Å². The Morgan fingerprint density at radius 3 is 1.60 bits per heavy atom. The standard InChI is InChI=1S/C12H10O3/c13-9-1-5-11(6-2-9)15-12-7-3-10(14)4-8-12/h1,3,5-8H,2,4H2. The van der Waals surface area contributed by atoms with E-state index < -0.39 is 0 Å². The number of allylic oxidation sites excluding steroid dienone is 6. The highest BCUT2D eigenvalue weighted by Crippen LogP contribution is 2.16. The van der Waals surface area contributed by atoms with Crippen LogP contribution in [-0.2, 0) is 14.3 Å². The maximum atomic E-state index is 10.9. The Morgan fingerprint density at radius 2 is 1.27 bits per heavy atom. The van der Waals surface area contributed by atoms with Gasteiger partial charge in [0.05, 0.1) is 0 Å². The van der Waals surface area contributed by atoms with E-state index in [2.05, 4.69) is 0 Å². The number of hydrogen-bond acceptors (Lipinski definition) is 3. The third kappa shape index (κ3) is 2.53. The molecule has 15 heavy (non-hydrogen) atoms. The van der Waals surface area contributed by atoms with E-state index in [-0.39, 0.29) is 11.6 Å². The van der Waals surface area contributed by atoms with E-state index in [1.165, 1.54) is 12.2 Å². The molecule has 0 bridgehead atoms. The van der Waals surface area contributed by atoms with Gasteiger partial charge in [0.2, 0.25) is 0 Å². The molecule has 0 aromatic rings. The summed E-state index contributed by atoms with van der Waals surface area (Å²) in [4.78, 5) is 21.8. The fourth-order valence-electron chi connectivity index (χ4n) is 1.31. The molecule has 3 nitrogen and oxygen atoms in total. The molecule has 2 aliphatic carbocycles. The van der Waals surface area contributed by atoms with Crippen molar-refractivity contribution in [3.63, 3.8) is 0 Å². The molecule has 0 aromatic heterocycles. The number of rotatable bonds is 2. The van der Waals surface area contributed by atoms with E-state index in [1.54, 1.807) is 24.3 Å². The Labute approximate surface area is 87.4 Å². The fourth-order valence-corrected chi connectivity index (χ4v) is 1.31. The third-order valence-electron chi connectivity index (χ3n) is 2.11. The first kappa shape index (κ1) is 9.65. The minimum absolute atomic E-state index is 0.0747. The second-order valence-electron chi connectivity index (χ2n) is 3.32. The summed E-state index contributed by atoms with van der Waals surface area (Å²) < 4.78 is 5.47. The average Bonchev–Trinajstić information content (AvgIpc) is 2.25. The average molecular weight is 202 g/mol. The van der Waals surface area contributed by atoms with Crippen LogP contribution < -0.4 is 0 Å². The SMILES string of the molecule is O=C1C=CC(OC2=CCC(=O)C=C2)=CC1. The summed E-state index contributed by atoms with van der Waals surface area (Å²) in [6, 6.07) is 0. The van der Waals surface area contributed by atoms with Crippen LogP contribution in [0, 0.1) is 0 Å². The first-order valence-electron chi connectivity index (χ1n) is 4.74. The maximum Gasteiger partial charge on any atom is 0.159 e. The number of carbonyl (C=O) groups excluding carboxylic acids is 2. The first-order valence-corrected chi connectivity index (χ1v) is 4.74. The van der Waals surface area contributed by atoms with Gasteiger partial charge in [-0.05, 0) is 36.5 Å². The van der Waals surface area contributed by atoms with E-state index >= 15 is 0 Å².